The molecule has 1 aliphatic carbocycles. The van der Waals surface area contributed by atoms with Gasteiger partial charge in [0.25, 0.3) is 6.04 Å². The summed E-state index contributed by atoms with van der Waals surface area (Å²) >= 11 is 0. The van der Waals surface area contributed by atoms with Crippen LogP contribution in [-0.2, 0) is 0 Å². The molecule has 1 aromatic rings. The van der Waals surface area contributed by atoms with Gasteiger partial charge in [-0.2, -0.15) is 0 Å². The molecule has 1 saturated carbocycles. The molecule has 0 aliphatic heterocycles. The fraction of sp³-hybridized carbons (Fsp3) is 0.667. The standard InChI is InChI=1S/C18H26N2O5/c1-2-3-4-6-11-14-12-15(21)18(20(24)25)16(17(14)19(22)23)13-9-7-5-8-10-13/h5,7-10,14-18,21H,2-4,6,11-12H2,1H3/t14-,15-,16-,17-,18-/m1/s1. The second kappa shape index (κ2) is 8.89. The third kappa shape index (κ3) is 4.54. The summed E-state index contributed by atoms with van der Waals surface area (Å²) in [5.74, 6) is -1.26. The number of hydrogen-bond donors (Lipinski definition) is 1. The van der Waals surface area contributed by atoms with Crippen molar-refractivity contribution in [3.05, 3.63) is 56.1 Å². The van der Waals surface area contributed by atoms with Crippen molar-refractivity contribution in [2.45, 2.75) is 69.6 Å². The lowest BCUT2D eigenvalue weighted by molar-refractivity contribution is -0.588. The van der Waals surface area contributed by atoms with Crippen LogP contribution in [0.25, 0.3) is 0 Å². The van der Waals surface area contributed by atoms with E-state index in [0.29, 0.717) is 12.0 Å². The average molecular weight is 350 g/mol. The molecule has 0 bridgehead atoms. The number of aliphatic hydroxyl groups excluding tert-OH is 1. The molecule has 7 nitrogen and oxygen atoms in total. The molecule has 138 valence electrons. The van der Waals surface area contributed by atoms with Gasteiger partial charge >= 0.3 is 0 Å². The maximum Gasteiger partial charge on any atom is 0.251 e. The molecule has 1 N–H and O–H groups in total. The van der Waals surface area contributed by atoms with E-state index in [1.807, 2.05) is 0 Å². The number of nitro groups is 2. The van der Waals surface area contributed by atoms with Crippen LogP contribution in [0.5, 0.6) is 0 Å². The smallest absolute Gasteiger partial charge is 0.251 e. The normalized spacial score (nSPS) is 29.3. The molecule has 1 fully saturated rings. The van der Waals surface area contributed by atoms with E-state index in [0.717, 1.165) is 25.7 Å². The minimum absolute atomic E-state index is 0.118. The first-order valence-electron chi connectivity index (χ1n) is 8.97. The van der Waals surface area contributed by atoms with Crippen LogP contribution in [0.1, 0.15) is 56.9 Å². The Morgan fingerprint density at radius 1 is 1.04 bits per heavy atom. The van der Waals surface area contributed by atoms with Crippen molar-refractivity contribution in [2.24, 2.45) is 5.92 Å². The summed E-state index contributed by atoms with van der Waals surface area (Å²) in [6.45, 7) is 2.09. The van der Waals surface area contributed by atoms with Crippen LogP contribution in [0.4, 0.5) is 0 Å². The number of hydrogen-bond acceptors (Lipinski definition) is 5. The molecule has 0 heterocycles. The van der Waals surface area contributed by atoms with Gasteiger partial charge in [0.15, 0.2) is 0 Å². The summed E-state index contributed by atoms with van der Waals surface area (Å²) in [5.41, 5.74) is 0.559. The molecular formula is C18H26N2O5. The van der Waals surface area contributed by atoms with Crippen LogP contribution < -0.4 is 0 Å². The van der Waals surface area contributed by atoms with Gasteiger partial charge < -0.3 is 5.11 Å². The van der Waals surface area contributed by atoms with E-state index in [1.54, 1.807) is 30.3 Å². The fourth-order valence-electron chi connectivity index (χ4n) is 4.09. The van der Waals surface area contributed by atoms with Gasteiger partial charge in [0.2, 0.25) is 6.04 Å². The molecule has 1 aliphatic rings. The van der Waals surface area contributed by atoms with Crippen molar-refractivity contribution in [1.29, 1.82) is 0 Å². The average Bonchev–Trinajstić information content (AvgIpc) is 2.58. The van der Waals surface area contributed by atoms with E-state index in [-0.39, 0.29) is 17.3 Å². The van der Waals surface area contributed by atoms with E-state index in [2.05, 4.69) is 6.92 Å². The van der Waals surface area contributed by atoms with Gasteiger partial charge in [-0.3, -0.25) is 20.2 Å². The topological polar surface area (TPSA) is 107 Å². The monoisotopic (exact) mass is 350 g/mol. The van der Waals surface area contributed by atoms with Crippen molar-refractivity contribution < 1.29 is 15.0 Å². The van der Waals surface area contributed by atoms with Gasteiger partial charge in [-0.05, 0) is 18.4 Å². The van der Waals surface area contributed by atoms with Gasteiger partial charge in [-0.1, -0.05) is 62.9 Å². The van der Waals surface area contributed by atoms with Gasteiger partial charge in [0, 0.05) is 15.8 Å². The van der Waals surface area contributed by atoms with Crippen molar-refractivity contribution in [1.82, 2.24) is 0 Å². The Morgan fingerprint density at radius 3 is 2.24 bits per heavy atom. The highest BCUT2D eigenvalue weighted by molar-refractivity contribution is 5.24. The zero-order valence-electron chi connectivity index (χ0n) is 14.5. The quantitative estimate of drug-likeness (QED) is 0.439. The lowest BCUT2D eigenvalue weighted by atomic mass is 9.68. The number of unbranched alkanes of at least 4 members (excludes halogenated alkanes) is 3. The fourth-order valence-corrected chi connectivity index (χ4v) is 4.09. The van der Waals surface area contributed by atoms with E-state index in [9.17, 15) is 25.3 Å². The number of aliphatic hydroxyl groups is 1. The third-order valence-electron chi connectivity index (χ3n) is 5.26. The van der Waals surface area contributed by atoms with Crippen molar-refractivity contribution in [2.75, 3.05) is 0 Å². The second-order valence-electron chi connectivity index (χ2n) is 6.90. The Balaban J connectivity index is 2.32. The molecule has 25 heavy (non-hydrogen) atoms. The van der Waals surface area contributed by atoms with Crippen LogP contribution in [0, 0.1) is 26.1 Å². The summed E-state index contributed by atoms with van der Waals surface area (Å²) in [6, 6.07) is 6.20. The van der Waals surface area contributed by atoms with Crippen molar-refractivity contribution >= 4 is 0 Å². The molecule has 2 rings (SSSR count). The minimum Gasteiger partial charge on any atom is -0.386 e. The third-order valence-corrected chi connectivity index (χ3v) is 5.26. The van der Waals surface area contributed by atoms with E-state index in [1.165, 1.54) is 0 Å². The summed E-state index contributed by atoms with van der Waals surface area (Å²) < 4.78 is 0. The highest BCUT2D eigenvalue weighted by Crippen LogP contribution is 2.41. The van der Waals surface area contributed by atoms with Gasteiger partial charge in [0.1, 0.15) is 12.0 Å². The lowest BCUT2D eigenvalue weighted by Crippen LogP contribution is -2.54. The van der Waals surface area contributed by atoms with Crippen LogP contribution in [0.2, 0.25) is 0 Å². The van der Waals surface area contributed by atoms with E-state index >= 15 is 0 Å². The maximum atomic E-state index is 11.8. The zero-order valence-corrected chi connectivity index (χ0v) is 14.5. The Bertz CT molecular complexity index is 580. The number of rotatable bonds is 8. The van der Waals surface area contributed by atoms with E-state index < -0.39 is 29.0 Å². The molecule has 7 heteroatoms. The van der Waals surface area contributed by atoms with E-state index in [4.69, 9.17) is 0 Å². The molecule has 5 atom stereocenters. The van der Waals surface area contributed by atoms with Crippen LogP contribution in [-0.4, -0.2) is 33.1 Å². The second-order valence-corrected chi connectivity index (χ2v) is 6.90. The summed E-state index contributed by atoms with van der Waals surface area (Å²) in [5, 5.41) is 33.7. The molecular weight excluding hydrogens is 324 g/mol. The Hall–Kier alpha value is -2.02. The van der Waals surface area contributed by atoms with Crippen LogP contribution in [0.3, 0.4) is 0 Å². The number of nitrogens with zero attached hydrogens (tertiary/aromatic N) is 2. The molecule has 0 amide bonds. The van der Waals surface area contributed by atoms with Crippen LogP contribution in [0.15, 0.2) is 30.3 Å². The summed E-state index contributed by atoms with van der Waals surface area (Å²) in [4.78, 5) is 22.4. The van der Waals surface area contributed by atoms with Crippen molar-refractivity contribution in [3.63, 3.8) is 0 Å². The first kappa shape index (κ1) is 19.3. The minimum atomic E-state index is -1.34. The lowest BCUT2D eigenvalue weighted by Gasteiger charge is -2.37. The summed E-state index contributed by atoms with van der Waals surface area (Å²) in [6.07, 6.45) is 3.55. The predicted octanol–water partition coefficient (Wildman–Crippen LogP) is 3.41. The Labute approximate surface area is 147 Å². The highest BCUT2D eigenvalue weighted by atomic mass is 16.6. The first-order chi connectivity index (χ1) is 12.0. The van der Waals surface area contributed by atoms with Gasteiger partial charge in [-0.25, -0.2) is 0 Å². The zero-order chi connectivity index (χ0) is 18.4. The number of benzene rings is 1. The summed E-state index contributed by atoms with van der Waals surface area (Å²) in [7, 11) is 0. The Kier molecular flexibility index (Phi) is 6.87. The van der Waals surface area contributed by atoms with Crippen molar-refractivity contribution in [3.8, 4) is 0 Å². The SMILES string of the molecule is CCCCCC[C@@H]1C[C@@H](O)[C@@H]([N+](=O)[O-])[C@H](c2ccccc2)[C@@H]1[N+](=O)[O-]. The maximum absolute atomic E-state index is 11.8. The molecule has 0 unspecified atom stereocenters. The van der Waals surface area contributed by atoms with Crippen LogP contribution >= 0.6 is 0 Å². The largest absolute Gasteiger partial charge is 0.386 e. The molecule has 1 aromatic carbocycles. The molecule has 0 radical (unpaired) electrons. The molecule has 0 saturated heterocycles. The molecule has 0 aromatic heterocycles. The molecule has 0 spiro atoms. The van der Waals surface area contributed by atoms with Gasteiger partial charge in [0.05, 0.1) is 0 Å². The Morgan fingerprint density at radius 2 is 1.68 bits per heavy atom. The predicted molar refractivity (Wildman–Crippen MR) is 93.6 cm³/mol. The van der Waals surface area contributed by atoms with Gasteiger partial charge in [-0.15, -0.1) is 0 Å². The first-order valence-corrected chi connectivity index (χ1v) is 8.97. The highest BCUT2D eigenvalue weighted by Gasteiger charge is 2.56.